The standard InChI is InChI=1S/C20H24N6O3/c1-13-12-26-16-17(23(2)20(28)24(3)18(16)27)22-19(26)25(13)11-7-10-21-14-8-5-6-9-15(14)29-4/h5-6,8-9,12,21H,7,10-11H2,1-4H3. The van der Waals surface area contributed by atoms with Crippen molar-refractivity contribution in [1.29, 1.82) is 0 Å². The second-order valence-electron chi connectivity index (χ2n) is 7.06. The molecule has 4 aromatic rings. The molecule has 9 nitrogen and oxygen atoms in total. The van der Waals surface area contributed by atoms with Crippen LogP contribution in [0.5, 0.6) is 5.75 Å². The minimum absolute atomic E-state index is 0.342. The summed E-state index contributed by atoms with van der Waals surface area (Å²) in [6.45, 7) is 3.47. The molecule has 0 fully saturated rings. The second-order valence-corrected chi connectivity index (χ2v) is 7.06. The van der Waals surface area contributed by atoms with Crippen molar-refractivity contribution in [2.45, 2.75) is 19.9 Å². The molecular formula is C20H24N6O3. The molecule has 0 amide bonds. The fourth-order valence-corrected chi connectivity index (χ4v) is 3.66. The lowest BCUT2D eigenvalue weighted by molar-refractivity contribution is 0.416. The van der Waals surface area contributed by atoms with E-state index in [1.807, 2.05) is 37.4 Å². The minimum Gasteiger partial charge on any atom is -0.495 e. The number of anilines is 1. The molecule has 1 N–H and O–H groups in total. The number of ether oxygens (including phenoxy) is 1. The van der Waals surface area contributed by atoms with Gasteiger partial charge in [-0.1, -0.05) is 12.1 Å². The Morgan fingerprint density at radius 1 is 1.14 bits per heavy atom. The summed E-state index contributed by atoms with van der Waals surface area (Å²) in [5.41, 5.74) is 2.04. The Morgan fingerprint density at radius 2 is 1.90 bits per heavy atom. The Bertz CT molecular complexity index is 1320. The Hall–Kier alpha value is -3.49. The molecule has 0 aliphatic rings. The monoisotopic (exact) mass is 396 g/mol. The molecule has 0 spiro atoms. The molecule has 0 atom stereocenters. The van der Waals surface area contributed by atoms with Gasteiger partial charge >= 0.3 is 5.69 Å². The van der Waals surface area contributed by atoms with E-state index >= 15 is 0 Å². The number of methoxy groups -OCH3 is 1. The molecule has 3 heterocycles. The van der Waals surface area contributed by atoms with Crippen LogP contribution in [0.3, 0.4) is 0 Å². The van der Waals surface area contributed by atoms with Crippen LogP contribution >= 0.6 is 0 Å². The van der Waals surface area contributed by atoms with Gasteiger partial charge in [-0.05, 0) is 25.5 Å². The molecule has 0 unspecified atom stereocenters. The van der Waals surface area contributed by atoms with E-state index in [2.05, 4.69) is 14.9 Å². The molecule has 0 aliphatic heterocycles. The van der Waals surface area contributed by atoms with Gasteiger partial charge in [0.05, 0.1) is 12.8 Å². The zero-order chi connectivity index (χ0) is 20.7. The van der Waals surface area contributed by atoms with Gasteiger partial charge in [0.15, 0.2) is 11.2 Å². The van der Waals surface area contributed by atoms with Crippen LogP contribution in [0, 0.1) is 6.92 Å². The lowest BCUT2D eigenvalue weighted by atomic mass is 10.3. The van der Waals surface area contributed by atoms with Gasteiger partial charge in [0.2, 0.25) is 5.78 Å². The summed E-state index contributed by atoms with van der Waals surface area (Å²) in [6.07, 6.45) is 2.74. The number of rotatable bonds is 6. The topological polar surface area (TPSA) is 87.5 Å². The van der Waals surface area contributed by atoms with Crippen molar-refractivity contribution in [3.8, 4) is 5.75 Å². The Balaban J connectivity index is 1.62. The van der Waals surface area contributed by atoms with E-state index in [9.17, 15) is 9.59 Å². The largest absolute Gasteiger partial charge is 0.495 e. The zero-order valence-corrected chi connectivity index (χ0v) is 17.0. The van der Waals surface area contributed by atoms with Crippen molar-refractivity contribution in [2.24, 2.45) is 14.1 Å². The number of imidazole rings is 2. The first-order valence-corrected chi connectivity index (χ1v) is 9.45. The SMILES string of the molecule is COc1ccccc1NCCCn1c(C)cn2c3c(=O)n(C)c(=O)n(C)c3nc12. The normalized spacial score (nSPS) is 11.4. The van der Waals surface area contributed by atoms with Gasteiger partial charge in [-0.2, -0.15) is 4.98 Å². The number of nitrogens with zero attached hydrogens (tertiary/aromatic N) is 5. The fraction of sp³-hybridized carbons (Fsp3) is 0.350. The molecular weight excluding hydrogens is 372 g/mol. The number of para-hydroxylation sites is 2. The second kappa shape index (κ2) is 7.16. The van der Waals surface area contributed by atoms with Crippen molar-refractivity contribution < 1.29 is 4.74 Å². The number of benzene rings is 1. The van der Waals surface area contributed by atoms with Crippen molar-refractivity contribution in [1.82, 2.24) is 23.1 Å². The van der Waals surface area contributed by atoms with Crippen LogP contribution < -0.4 is 21.3 Å². The average Bonchev–Trinajstić information content (AvgIpc) is 3.23. The van der Waals surface area contributed by atoms with Crippen LogP contribution in [-0.4, -0.2) is 36.7 Å². The van der Waals surface area contributed by atoms with Crippen molar-refractivity contribution >= 4 is 22.6 Å². The predicted molar refractivity (Wildman–Crippen MR) is 112 cm³/mol. The van der Waals surface area contributed by atoms with Gasteiger partial charge in [-0.25, -0.2) is 4.79 Å². The molecule has 0 saturated heterocycles. The lowest BCUT2D eigenvalue weighted by Crippen LogP contribution is -2.37. The van der Waals surface area contributed by atoms with Crippen LogP contribution in [0.2, 0.25) is 0 Å². The molecule has 152 valence electrons. The van der Waals surface area contributed by atoms with Gasteiger partial charge < -0.3 is 14.6 Å². The highest BCUT2D eigenvalue weighted by Gasteiger charge is 2.18. The highest BCUT2D eigenvalue weighted by molar-refractivity contribution is 5.75. The van der Waals surface area contributed by atoms with Crippen LogP contribution in [0.4, 0.5) is 5.69 Å². The first-order chi connectivity index (χ1) is 13.9. The summed E-state index contributed by atoms with van der Waals surface area (Å²) in [4.78, 5) is 29.4. The number of nitrogens with one attached hydrogen (secondary N) is 1. The summed E-state index contributed by atoms with van der Waals surface area (Å²) in [5.74, 6) is 1.47. The number of hydrogen-bond donors (Lipinski definition) is 1. The van der Waals surface area contributed by atoms with E-state index in [-0.39, 0.29) is 11.2 Å². The molecule has 0 bridgehead atoms. The molecule has 0 radical (unpaired) electrons. The van der Waals surface area contributed by atoms with Crippen LogP contribution in [0.15, 0.2) is 40.1 Å². The predicted octanol–water partition coefficient (Wildman–Crippen LogP) is 1.51. The number of aromatic nitrogens is 5. The van der Waals surface area contributed by atoms with Crippen LogP contribution in [0.25, 0.3) is 16.9 Å². The van der Waals surface area contributed by atoms with E-state index in [0.717, 1.165) is 41.2 Å². The molecule has 4 rings (SSSR count). The van der Waals surface area contributed by atoms with Crippen LogP contribution in [0.1, 0.15) is 12.1 Å². The molecule has 0 saturated carbocycles. The maximum atomic E-state index is 12.6. The third kappa shape index (κ3) is 2.98. The quantitative estimate of drug-likeness (QED) is 0.499. The Labute approximate surface area is 166 Å². The number of aryl methyl sites for hydroxylation is 3. The van der Waals surface area contributed by atoms with E-state index in [4.69, 9.17) is 4.74 Å². The van der Waals surface area contributed by atoms with Crippen molar-refractivity contribution in [3.63, 3.8) is 0 Å². The van der Waals surface area contributed by atoms with Gasteiger partial charge in [0, 0.05) is 39.1 Å². The first kappa shape index (κ1) is 18.9. The first-order valence-electron chi connectivity index (χ1n) is 9.45. The average molecular weight is 396 g/mol. The summed E-state index contributed by atoms with van der Waals surface area (Å²) in [7, 11) is 4.77. The van der Waals surface area contributed by atoms with Gasteiger partial charge in [-0.15, -0.1) is 0 Å². The van der Waals surface area contributed by atoms with E-state index in [0.29, 0.717) is 16.9 Å². The number of hydrogen-bond acceptors (Lipinski definition) is 5. The molecule has 0 aliphatic carbocycles. The lowest BCUT2D eigenvalue weighted by Gasteiger charge is -2.11. The van der Waals surface area contributed by atoms with Gasteiger partial charge in [0.25, 0.3) is 5.56 Å². The van der Waals surface area contributed by atoms with Crippen molar-refractivity contribution in [2.75, 3.05) is 19.0 Å². The molecule has 3 aromatic heterocycles. The Morgan fingerprint density at radius 3 is 2.66 bits per heavy atom. The van der Waals surface area contributed by atoms with E-state index in [1.54, 1.807) is 18.6 Å². The maximum absolute atomic E-state index is 12.6. The van der Waals surface area contributed by atoms with Gasteiger partial charge in [0.1, 0.15) is 5.75 Å². The molecule has 9 heteroatoms. The summed E-state index contributed by atoms with van der Waals surface area (Å²) < 4.78 is 11.7. The third-order valence-electron chi connectivity index (χ3n) is 5.24. The van der Waals surface area contributed by atoms with E-state index < -0.39 is 0 Å². The smallest absolute Gasteiger partial charge is 0.332 e. The summed E-state index contributed by atoms with van der Waals surface area (Å²) in [6, 6.07) is 7.80. The number of fused-ring (bicyclic) bond motifs is 3. The summed E-state index contributed by atoms with van der Waals surface area (Å²) >= 11 is 0. The Kier molecular flexibility index (Phi) is 4.65. The fourth-order valence-electron chi connectivity index (χ4n) is 3.66. The van der Waals surface area contributed by atoms with Crippen LogP contribution in [-0.2, 0) is 20.6 Å². The van der Waals surface area contributed by atoms with Gasteiger partial charge in [-0.3, -0.25) is 18.3 Å². The summed E-state index contributed by atoms with van der Waals surface area (Å²) in [5, 5.41) is 3.39. The third-order valence-corrected chi connectivity index (χ3v) is 5.24. The minimum atomic E-state index is -0.382. The van der Waals surface area contributed by atoms with E-state index in [1.165, 1.54) is 11.6 Å². The molecule has 29 heavy (non-hydrogen) atoms. The highest BCUT2D eigenvalue weighted by atomic mass is 16.5. The maximum Gasteiger partial charge on any atom is 0.332 e. The zero-order valence-electron chi connectivity index (χ0n) is 17.0. The van der Waals surface area contributed by atoms with Crippen molar-refractivity contribution in [3.05, 3.63) is 57.0 Å². The highest BCUT2D eigenvalue weighted by Crippen LogP contribution is 2.23. The molecule has 1 aromatic carbocycles.